The minimum Gasteiger partial charge on any atom is -0.497 e. The molecular formula is C20H27N3O6. The van der Waals surface area contributed by atoms with Gasteiger partial charge in [0, 0.05) is 17.7 Å². The van der Waals surface area contributed by atoms with E-state index in [9.17, 15) is 14.4 Å². The van der Waals surface area contributed by atoms with Crippen molar-refractivity contribution < 1.29 is 28.6 Å². The Labute approximate surface area is 169 Å². The summed E-state index contributed by atoms with van der Waals surface area (Å²) in [5, 5.41) is 2.55. The largest absolute Gasteiger partial charge is 0.497 e. The maximum Gasteiger partial charge on any atom is 0.408 e. The Hall–Kier alpha value is -3.23. The molecule has 0 radical (unpaired) electrons. The van der Waals surface area contributed by atoms with Gasteiger partial charge in [0.1, 0.15) is 23.1 Å². The monoisotopic (exact) mass is 405 g/mol. The highest BCUT2D eigenvalue weighted by atomic mass is 16.6. The van der Waals surface area contributed by atoms with Gasteiger partial charge in [-0.05, 0) is 32.9 Å². The summed E-state index contributed by atoms with van der Waals surface area (Å²) in [5.74, 6) is 0.212. The number of nitrogens with zero attached hydrogens (tertiary/aromatic N) is 1. The van der Waals surface area contributed by atoms with Gasteiger partial charge in [0.05, 0.1) is 26.8 Å². The van der Waals surface area contributed by atoms with Gasteiger partial charge in [-0.25, -0.2) is 4.79 Å². The molecule has 0 aliphatic carbocycles. The lowest BCUT2D eigenvalue weighted by Gasteiger charge is -2.46. The number of hydrogen-bond donors (Lipinski definition) is 2. The number of carbonyl (C=O) groups excluding carboxylic acids is 3. The lowest BCUT2D eigenvalue weighted by atomic mass is 9.93. The first-order valence-electron chi connectivity index (χ1n) is 9.04. The third-order valence-corrected chi connectivity index (χ3v) is 4.22. The second-order valence-corrected chi connectivity index (χ2v) is 7.52. The lowest BCUT2D eigenvalue weighted by Crippen LogP contribution is -2.69. The molecule has 0 bridgehead atoms. The summed E-state index contributed by atoms with van der Waals surface area (Å²) in [6.45, 7) is 5.39. The van der Waals surface area contributed by atoms with Crippen molar-refractivity contribution in [3.8, 4) is 11.5 Å². The standard InChI is InChI=1S/C20H27N3O6/c1-20(2,3)29-19(26)22-17-14(8-9-16(21)24)23(18(17)25)11-12-6-7-13(27-4)10-15(12)28-5/h6-10,14,17H,11H2,1-5H3,(H2,21,24)(H,22,26)/b9-8+/t14-,17+/m0/s1. The van der Waals surface area contributed by atoms with Gasteiger partial charge in [0.25, 0.3) is 0 Å². The first-order valence-corrected chi connectivity index (χ1v) is 9.04. The van der Waals surface area contributed by atoms with Gasteiger partial charge in [-0.2, -0.15) is 0 Å². The number of alkyl carbamates (subject to hydrolysis) is 1. The first kappa shape index (κ1) is 22.1. The summed E-state index contributed by atoms with van der Waals surface area (Å²) in [6.07, 6.45) is 1.94. The van der Waals surface area contributed by atoms with Crippen LogP contribution in [0, 0.1) is 0 Å². The fraction of sp³-hybridized carbons (Fsp3) is 0.450. The third-order valence-electron chi connectivity index (χ3n) is 4.22. The number of primary amides is 1. The molecule has 158 valence electrons. The summed E-state index contributed by atoms with van der Waals surface area (Å²) >= 11 is 0. The molecular weight excluding hydrogens is 378 g/mol. The van der Waals surface area contributed by atoms with Crippen LogP contribution in [-0.4, -0.2) is 54.7 Å². The molecule has 3 amide bonds. The number of likely N-dealkylation sites (tertiary alicyclic amines) is 1. The van der Waals surface area contributed by atoms with Crippen LogP contribution in [0.4, 0.5) is 4.79 Å². The predicted octanol–water partition coefficient (Wildman–Crippen LogP) is 1.35. The molecule has 0 unspecified atom stereocenters. The van der Waals surface area contributed by atoms with E-state index in [0.717, 1.165) is 5.56 Å². The van der Waals surface area contributed by atoms with E-state index in [1.54, 1.807) is 46.1 Å². The van der Waals surface area contributed by atoms with Crippen molar-refractivity contribution in [2.75, 3.05) is 14.2 Å². The van der Waals surface area contributed by atoms with Crippen LogP contribution in [0.5, 0.6) is 11.5 Å². The van der Waals surface area contributed by atoms with Crippen molar-refractivity contribution in [1.82, 2.24) is 10.2 Å². The van der Waals surface area contributed by atoms with Gasteiger partial charge in [-0.3, -0.25) is 9.59 Å². The Bertz CT molecular complexity index is 815. The summed E-state index contributed by atoms with van der Waals surface area (Å²) in [4.78, 5) is 37.4. The van der Waals surface area contributed by atoms with Gasteiger partial charge >= 0.3 is 6.09 Å². The highest BCUT2D eigenvalue weighted by Crippen LogP contribution is 2.30. The molecule has 9 nitrogen and oxygen atoms in total. The zero-order valence-electron chi connectivity index (χ0n) is 17.2. The third kappa shape index (κ3) is 5.63. The number of ether oxygens (including phenoxy) is 3. The van der Waals surface area contributed by atoms with E-state index in [1.807, 2.05) is 0 Å². The summed E-state index contributed by atoms with van der Waals surface area (Å²) < 4.78 is 15.8. The molecule has 2 atom stereocenters. The van der Waals surface area contributed by atoms with Gasteiger partial charge in [0.2, 0.25) is 11.8 Å². The van der Waals surface area contributed by atoms with E-state index in [1.165, 1.54) is 24.2 Å². The number of nitrogens with one attached hydrogen (secondary N) is 1. The van der Waals surface area contributed by atoms with Crippen molar-refractivity contribution >= 4 is 17.9 Å². The van der Waals surface area contributed by atoms with Gasteiger partial charge in [-0.1, -0.05) is 6.08 Å². The van der Waals surface area contributed by atoms with Crippen LogP contribution in [0.2, 0.25) is 0 Å². The van der Waals surface area contributed by atoms with E-state index >= 15 is 0 Å². The van der Waals surface area contributed by atoms with Crippen molar-refractivity contribution in [2.24, 2.45) is 5.73 Å². The number of rotatable bonds is 7. The van der Waals surface area contributed by atoms with Gasteiger partial charge < -0.3 is 30.2 Å². The summed E-state index contributed by atoms with van der Waals surface area (Å²) in [7, 11) is 3.07. The highest BCUT2D eigenvalue weighted by Gasteiger charge is 2.47. The number of benzene rings is 1. The molecule has 0 saturated carbocycles. The molecule has 9 heteroatoms. The first-order chi connectivity index (χ1) is 13.6. The zero-order valence-corrected chi connectivity index (χ0v) is 17.2. The number of carbonyl (C=O) groups is 3. The van der Waals surface area contributed by atoms with Crippen LogP contribution in [0.1, 0.15) is 26.3 Å². The molecule has 1 heterocycles. The predicted molar refractivity (Wildman–Crippen MR) is 105 cm³/mol. The van der Waals surface area contributed by atoms with Crippen LogP contribution in [-0.2, 0) is 20.9 Å². The van der Waals surface area contributed by atoms with Crippen molar-refractivity contribution in [3.05, 3.63) is 35.9 Å². The zero-order chi connectivity index (χ0) is 21.8. The molecule has 29 heavy (non-hydrogen) atoms. The normalized spacial score (nSPS) is 18.9. The molecule has 1 aliphatic heterocycles. The Balaban J connectivity index is 2.20. The number of nitrogens with two attached hydrogens (primary N) is 1. The van der Waals surface area contributed by atoms with Crippen molar-refractivity contribution in [2.45, 2.75) is 45.0 Å². The van der Waals surface area contributed by atoms with Crippen LogP contribution in [0.25, 0.3) is 0 Å². The molecule has 1 aromatic carbocycles. The molecule has 1 aromatic rings. The Morgan fingerprint density at radius 3 is 2.48 bits per heavy atom. The van der Waals surface area contributed by atoms with E-state index in [-0.39, 0.29) is 12.5 Å². The lowest BCUT2D eigenvalue weighted by molar-refractivity contribution is -0.149. The second-order valence-electron chi connectivity index (χ2n) is 7.52. The molecule has 1 saturated heterocycles. The Morgan fingerprint density at radius 1 is 1.24 bits per heavy atom. The minimum absolute atomic E-state index is 0.215. The fourth-order valence-corrected chi connectivity index (χ4v) is 2.91. The van der Waals surface area contributed by atoms with Crippen molar-refractivity contribution in [3.63, 3.8) is 0 Å². The van der Waals surface area contributed by atoms with Crippen LogP contribution < -0.4 is 20.5 Å². The maximum atomic E-state index is 12.7. The number of hydrogen-bond acceptors (Lipinski definition) is 6. The van der Waals surface area contributed by atoms with Crippen LogP contribution in [0.15, 0.2) is 30.4 Å². The average molecular weight is 405 g/mol. The van der Waals surface area contributed by atoms with Gasteiger partial charge in [0.15, 0.2) is 0 Å². The number of amides is 3. The quantitative estimate of drug-likeness (QED) is 0.522. The van der Waals surface area contributed by atoms with Gasteiger partial charge in [-0.15, -0.1) is 0 Å². The fourth-order valence-electron chi connectivity index (χ4n) is 2.91. The van der Waals surface area contributed by atoms with Crippen LogP contribution >= 0.6 is 0 Å². The molecule has 1 fully saturated rings. The summed E-state index contributed by atoms with van der Waals surface area (Å²) in [5.41, 5.74) is 5.23. The van der Waals surface area contributed by atoms with Crippen LogP contribution in [0.3, 0.4) is 0 Å². The Kier molecular flexibility index (Phi) is 6.73. The molecule has 3 N–H and O–H groups in total. The Morgan fingerprint density at radius 2 is 1.93 bits per heavy atom. The minimum atomic E-state index is -0.857. The van der Waals surface area contributed by atoms with E-state index in [4.69, 9.17) is 19.9 Å². The topological polar surface area (TPSA) is 120 Å². The highest BCUT2D eigenvalue weighted by molar-refractivity contribution is 5.94. The summed E-state index contributed by atoms with van der Waals surface area (Å²) in [6, 6.07) is 3.84. The number of methoxy groups -OCH3 is 2. The van der Waals surface area contributed by atoms with Crippen molar-refractivity contribution in [1.29, 1.82) is 0 Å². The number of β-lactam (4-membered cyclic amide) rings is 1. The molecule has 2 rings (SSSR count). The molecule has 0 spiro atoms. The van der Waals surface area contributed by atoms with E-state index in [0.29, 0.717) is 11.5 Å². The molecule has 0 aromatic heterocycles. The maximum absolute atomic E-state index is 12.7. The van der Waals surface area contributed by atoms with E-state index < -0.39 is 29.7 Å². The average Bonchev–Trinajstić information content (AvgIpc) is 2.64. The second kappa shape index (κ2) is 8.85. The smallest absolute Gasteiger partial charge is 0.408 e. The molecule has 1 aliphatic rings. The SMILES string of the molecule is COc1ccc(CN2C(=O)[C@H](NC(=O)OC(C)(C)C)[C@@H]2/C=C/C(N)=O)c(OC)c1. The van der Waals surface area contributed by atoms with E-state index in [2.05, 4.69) is 5.32 Å².